The molecule has 0 radical (unpaired) electrons. The number of nitrogens with zero attached hydrogens (tertiary/aromatic N) is 3. The third-order valence-corrected chi connectivity index (χ3v) is 5.97. The maximum atomic E-state index is 12.4. The second-order valence-electron chi connectivity index (χ2n) is 6.64. The molecule has 4 aromatic rings. The number of nitrogens with one attached hydrogen (secondary N) is 1. The number of hydrogen-bond acceptors (Lipinski definition) is 5. The van der Waals surface area contributed by atoms with E-state index in [1.54, 1.807) is 18.2 Å². The first kappa shape index (κ1) is 20.8. The minimum Gasteiger partial charge on any atom is -0.453 e. The van der Waals surface area contributed by atoms with Gasteiger partial charge in [0, 0.05) is 27.7 Å². The van der Waals surface area contributed by atoms with E-state index in [0.717, 1.165) is 16.5 Å². The number of rotatable bonds is 6. The molecule has 4 rings (SSSR count). The van der Waals surface area contributed by atoms with E-state index in [4.69, 9.17) is 27.6 Å². The number of thioether (sulfide) groups is 1. The molecule has 0 fully saturated rings. The first-order valence-corrected chi connectivity index (χ1v) is 11.0. The average Bonchev–Trinajstić information content (AvgIpc) is 3.32. The van der Waals surface area contributed by atoms with E-state index in [9.17, 15) is 4.79 Å². The van der Waals surface area contributed by atoms with Crippen LogP contribution < -0.4 is 5.32 Å². The summed E-state index contributed by atoms with van der Waals surface area (Å²) >= 11 is 13.4. The molecule has 154 valence electrons. The SMILES string of the molecule is CCn1c(SCC(=O)Nc2cc(Cl)ccc2C)nnc1-c1cc2cc(Cl)ccc2o1. The second-order valence-corrected chi connectivity index (χ2v) is 8.45. The lowest BCUT2D eigenvalue weighted by Gasteiger charge is -2.09. The Kier molecular flexibility index (Phi) is 6.04. The van der Waals surface area contributed by atoms with E-state index in [1.165, 1.54) is 11.8 Å². The number of fused-ring (bicyclic) bond motifs is 1. The Balaban J connectivity index is 1.50. The van der Waals surface area contributed by atoms with E-state index in [-0.39, 0.29) is 11.7 Å². The zero-order valence-electron chi connectivity index (χ0n) is 16.3. The normalized spacial score (nSPS) is 11.2. The van der Waals surface area contributed by atoms with E-state index >= 15 is 0 Å². The number of halogens is 2. The topological polar surface area (TPSA) is 73.0 Å². The van der Waals surface area contributed by atoms with Gasteiger partial charge in [0.15, 0.2) is 10.9 Å². The number of benzene rings is 2. The smallest absolute Gasteiger partial charge is 0.234 e. The lowest BCUT2D eigenvalue weighted by Crippen LogP contribution is -2.15. The standard InChI is InChI=1S/C21H18Cl2N4O2S/c1-3-27-20(18-9-13-8-14(22)6-7-17(13)29-18)25-26-21(27)30-11-19(28)24-16-10-15(23)5-4-12(16)2/h4-10H,3,11H2,1-2H3,(H,24,28). The van der Waals surface area contributed by atoms with Crippen molar-refractivity contribution in [1.82, 2.24) is 14.8 Å². The Morgan fingerprint density at radius 2 is 1.90 bits per heavy atom. The Morgan fingerprint density at radius 3 is 2.70 bits per heavy atom. The molecule has 0 aliphatic carbocycles. The van der Waals surface area contributed by atoms with Gasteiger partial charge in [-0.25, -0.2) is 0 Å². The van der Waals surface area contributed by atoms with Gasteiger partial charge in [0.25, 0.3) is 0 Å². The van der Waals surface area contributed by atoms with E-state index in [0.29, 0.717) is 39.0 Å². The predicted molar refractivity (Wildman–Crippen MR) is 121 cm³/mol. The van der Waals surface area contributed by atoms with Crippen LogP contribution in [-0.4, -0.2) is 26.4 Å². The van der Waals surface area contributed by atoms with Crippen LogP contribution in [0.25, 0.3) is 22.6 Å². The monoisotopic (exact) mass is 460 g/mol. The van der Waals surface area contributed by atoms with Gasteiger partial charge in [-0.1, -0.05) is 41.0 Å². The van der Waals surface area contributed by atoms with Crippen LogP contribution in [0.15, 0.2) is 52.0 Å². The van der Waals surface area contributed by atoms with Crippen LogP contribution >= 0.6 is 35.0 Å². The van der Waals surface area contributed by atoms with Crippen LogP contribution in [0.1, 0.15) is 12.5 Å². The summed E-state index contributed by atoms with van der Waals surface area (Å²) in [6.07, 6.45) is 0. The highest BCUT2D eigenvalue weighted by Crippen LogP contribution is 2.30. The predicted octanol–water partition coefficient (Wildman–Crippen LogP) is 6.06. The van der Waals surface area contributed by atoms with Gasteiger partial charge in [-0.3, -0.25) is 9.36 Å². The molecule has 0 unspecified atom stereocenters. The Hall–Kier alpha value is -2.48. The minimum atomic E-state index is -0.143. The Morgan fingerprint density at radius 1 is 1.13 bits per heavy atom. The van der Waals surface area contributed by atoms with Gasteiger partial charge < -0.3 is 9.73 Å². The molecule has 0 saturated carbocycles. The molecule has 1 amide bonds. The van der Waals surface area contributed by atoms with E-state index in [1.807, 2.05) is 42.7 Å². The maximum Gasteiger partial charge on any atom is 0.234 e. The van der Waals surface area contributed by atoms with Crippen LogP contribution in [0, 0.1) is 6.92 Å². The average molecular weight is 461 g/mol. The molecule has 1 N–H and O–H groups in total. The van der Waals surface area contributed by atoms with Crippen molar-refractivity contribution in [2.75, 3.05) is 11.1 Å². The second kappa shape index (κ2) is 8.71. The molecular formula is C21H18Cl2N4O2S. The molecule has 0 atom stereocenters. The lowest BCUT2D eigenvalue weighted by molar-refractivity contribution is -0.113. The minimum absolute atomic E-state index is 0.143. The molecular weight excluding hydrogens is 443 g/mol. The van der Waals surface area contributed by atoms with Gasteiger partial charge >= 0.3 is 0 Å². The van der Waals surface area contributed by atoms with Crippen molar-refractivity contribution in [2.45, 2.75) is 25.5 Å². The van der Waals surface area contributed by atoms with Crippen molar-refractivity contribution in [3.63, 3.8) is 0 Å². The van der Waals surface area contributed by atoms with Crippen LogP contribution in [0.2, 0.25) is 10.0 Å². The zero-order chi connectivity index (χ0) is 21.3. The van der Waals surface area contributed by atoms with E-state index < -0.39 is 0 Å². The van der Waals surface area contributed by atoms with Gasteiger partial charge in [-0.15, -0.1) is 10.2 Å². The van der Waals surface area contributed by atoms with E-state index in [2.05, 4.69) is 15.5 Å². The number of amides is 1. The summed E-state index contributed by atoms with van der Waals surface area (Å²) in [6.45, 7) is 4.54. The zero-order valence-corrected chi connectivity index (χ0v) is 18.6. The number of hydrogen-bond donors (Lipinski definition) is 1. The van der Waals surface area contributed by atoms with Gasteiger partial charge in [0.2, 0.25) is 11.7 Å². The van der Waals surface area contributed by atoms with Gasteiger partial charge in [0.05, 0.1) is 5.75 Å². The summed E-state index contributed by atoms with van der Waals surface area (Å²) in [7, 11) is 0. The van der Waals surface area contributed by atoms with Crippen molar-refractivity contribution >= 4 is 57.5 Å². The van der Waals surface area contributed by atoms with Gasteiger partial charge in [0.1, 0.15) is 5.58 Å². The molecule has 0 aliphatic rings. The van der Waals surface area contributed by atoms with Crippen molar-refractivity contribution in [3.8, 4) is 11.6 Å². The first-order valence-electron chi connectivity index (χ1n) is 9.26. The first-order chi connectivity index (χ1) is 14.4. The summed E-state index contributed by atoms with van der Waals surface area (Å²) in [6, 6.07) is 12.7. The fourth-order valence-corrected chi connectivity index (χ4v) is 4.19. The van der Waals surface area contributed by atoms with Crippen molar-refractivity contribution in [1.29, 1.82) is 0 Å². The van der Waals surface area contributed by atoms with Crippen LogP contribution in [0.4, 0.5) is 5.69 Å². The van der Waals surface area contributed by atoms with Crippen molar-refractivity contribution in [3.05, 3.63) is 58.1 Å². The molecule has 2 aromatic heterocycles. The fourth-order valence-electron chi connectivity index (χ4n) is 3.03. The fraction of sp³-hybridized carbons (Fsp3) is 0.190. The quantitative estimate of drug-likeness (QED) is 0.354. The molecule has 2 heterocycles. The molecule has 0 bridgehead atoms. The van der Waals surface area contributed by atoms with Gasteiger partial charge in [-0.2, -0.15) is 0 Å². The number of aromatic nitrogens is 3. The molecule has 0 aliphatic heterocycles. The number of carbonyl (C=O) groups excluding carboxylic acids is 1. The Labute approximate surface area is 187 Å². The summed E-state index contributed by atoms with van der Waals surface area (Å²) in [5, 5.41) is 14.2. The number of furan rings is 1. The molecule has 0 saturated heterocycles. The van der Waals surface area contributed by atoms with Crippen LogP contribution in [0.3, 0.4) is 0 Å². The molecule has 0 spiro atoms. The summed E-state index contributed by atoms with van der Waals surface area (Å²) in [5.74, 6) is 1.27. The highest BCUT2D eigenvalue weighted by molar-refractivity contribution is 7.99. The summed E-state index contributed by atoms with van der Waals surface area (Å²) in [5.41, 5.74) is 2.37. The largest absolute Gasteiger partial charge is 0.453 e. The maximum absolute atomic E-state index is 12.4. The van der Waals surface area contributed by atoms with Gasteiger partial charge in [-0.05, 0) is 55.8 Å². The molecule has 2 aromatic carbocycles. The third-order valence-electron chi connectivity index (χ3n) is 4.54. The number of aryl methyl sites for hydroxylation is 1. The van der Waals surface area contributed by atoms with Crippen LogP contribution in [-0.2, 0) is 11.3 Å². The molecule has 30 heavy (non-hydrogen) atoms. The molecule has 6 nitrogen and oxygen atoms in total. The number of carbonyl (C=O) groups is 1. The lowest BCUT2D eigenvalue weighted by atomic mass is 10.2. The highest BCUT2D eigenvalue weighted by atomic mass is 35.5. The van der Waals surface area contributed by atoms with Crippen molar-refractivity contribution < 1.29 is 9.21 Å². The van der Waals surface area contributed by atoms with Crippen LogP contribution in [0.5, 0.6) is 0 Å². The summed E-state index contributed by atoms with van der Waals surface area (Å²) in [4.78, 5) is 12.4. The summed E-state index contributed by atoms with van der Waals surface area (Å²) < 4.78 is 7.83. The van der Waals surface area contributed by atoms with Crippen molar-refractivity contribution in [2.24, 2.45) is 0 Å². The molecule has 9 heteroatoms. The Bertz CT molecular complexity index is 1240. The highest BCUT2D eigenvalue weighted by Gasteiger charge is 2.18. The third kappa shape index (κ3) is 4.33. The number of anilines is 1.